The second-order valence-electron chi connectivity index (χ2n) is 4.41. The molecule has 0 spiro atoms. The van der Waals surface area contributed by atoms with Crippen LogP contribution in [-0.4, -0.2) is 16.7 Å². The van der Waals surface area contributed by atoms with E-state index in [0.717, 1.165) is 17.8 Å². The number of rotatable bonds is 6. The molecule has 2 aromatic rings. The van der Waals surface area contributed by atoms with Crippen LogP contribution in [0.25, 0.3) is 11.5 Å². The second kappa shape index (κ2) is 6.19. The molecule has 4 heteroatoms. The third-order valence-corrected chi connectivity index (χ3v) is 2.94. The maximum absolute atomic E-state index is 5.21. The van der Waals surface area contributed by atoms with E-state index in [4.69, 9.17) is 4.42 Å². The van der Waals surface area contributed by atoms with Gasteiger partial charge >= 0.3 is 0 Å². The number of hydrogen-bond acceptors (Lipinski definition) is 4. The quantitative estimate of drug-likeness (QED) is 0.789. The van der Waals surface area contributed by atoms with E-state index in [2.05, 4.69) is 41.5 Å². The Kier molecular flexibility index (Phi) is 4.34. The lowest BCUT2D eigenvalue weighted by molar-refractivity contribution is 0.568. The van der Waals surface area contributed by atoms with E-state index in [0.29, 0.717) is 5.89 Å². The normalized spacial score (nSPS) is 10.6. The summed E-state index contributed by atoms with van der Waals surface area (Å²) in [4.78, 5) is 0. The summed E-state index contributed by atoms with van der Waals surface area (Å²) < 4.78 is 5.21. The van der Waals surface area contributed by atoms with Gasteiger partial charge in [0, 0.05) is 17.8 Å². The van der Waals surface area contributed by atoms with Gasteiger partial charge in [-0.3, -0.25) is 0 Å². The van der Waals surface area contributed by atoms with Crippen LogP contribution >= 0.6 is 0 Å². The van der Waals surface area contributed by atoms with E-state index >= 15 is 0 Å². The molecule has 96 valence electrons. The number of anilines is 1. The summed E-state index contributed by atoms with van der Waals surface area (Å²) in [6, 6.07) is 6.14. The van der Waals surface area contributed by atoms with Crippen molar-refractivity contribution in [2.75, 3.05) is 11.9 Å². The highest BCUT2D eigenvalue weighted by molar-refractivity contribution is 5.64. The molecule has 0 aliphatic heterocycles. The van der Waals surface area contributed by atoms with Crippen molar-refractivity contribution in [2.45, 2.75) is 33.1 Å². The molecule has 1 N–H and O–H groups in total. The standard InChI is InChI=1S/C14H19N3O/c1-3-4-5-8-15-13-9-12(7-6-11(13)2)14-17-16-10-18-14/h6-7,9-10,15H,3-5,8H2,1-2H3. The molecule has 0 radical (unpaired) electrons. The first-order chi connectivity index (χ1) is 8.81. The molecule has 0 aliphatic carbocycles. The maximum atomic E-state index is 5.21. The van der Waals surface area contributed by atoms with E-state index in [-0.39, 0.29) is 0 Å². The van der Waals surface area contributed by atoms with Crippen molar-refractivity contribution in [2.24, 2.45) is 0 Å². The summed E-state index contributed by atoms with van der Waals surface area (Å²) in [6.45, 7) is 5.31. The molecule has 4 nitrogen and oxygen atoms in total. The van der Waals surface area contributed by atoms with Gasteiger partial charge in [0.15, 0.2) is 0 Å². The Morgan fingerprint density at radius 3 is 2.89 bits per heavy atom. The zero-order valence-corrected chi connectivity index (χ0v) is 10.9. The van der Waals surface area contributed by atoms with Gasteiger partial charge in [-0.1, -0.05) is 25.8 Å². The van der Waals surface area contributed by atoms with Crippen LogP contribution in [0.3, 0.4) is 0 Å². The zero-order valence-electron chi connectivity index (χ0n) is 10.9. The third kappa shape index (κ3) is 3.09. The summed E-state index contributed by atoms with van der Waals surface area (Å²) in [5.41, 5.74) is 3.33. The predicted octanol–water partition coefficient (Wildman–Crippen LogP) is 3.65. The minimum Gasteiger partial charge on any atom is -0.423 e. The SMILES string of the molecule is CCCCCNc1cc(-c2nnco2)ccc1C. The number of hydrogen-bond donors (Lipinski definition) is 1. The molecular formula is C14H19N3O. The molecule has 0 amide bonds. The fourth-order valence-electron chi connectivity index (χ4n) is 1.84. The first-order valence-electron chi connectivity index (χ1n) is 6.42. The second-order valence-corrected chi connectivity index (χ2v) is 4.41. The van der Waals surface area contributed by atoms with Crippen LogP contribution in [0.5, 0.6) is 0 Å². The lowest BCUT2D eigenvalue weighted by Gasteiger charge is -2.10. The Morgan fingerprint density at radius 2 is 2.17 bits per heavy atom. The molecule has 0 fully saturated rings. The molecule has 0 unspecified atom stereocenters. The lowest BCUT2D eigenvalue weighted by atomic mass is 10.1. The van der Waals surface area contributed by atoms with Gasteiger partial charge in [0.1, 0.15) is 0 Å². The van der Waals surface area contributed by atoms with Gasteiger partial charge in [0.05, 0.1) is 0 Å². The van der Waals surface area contributed by atoms with Gasteiger partial charge < -0.3 is 9.73 Å². The van der Waals surface area contributed by atoms with Gasteiger partial charge in [-0.2, -0.15) is 0 Å². The lowest BCUT2D eigenvalue weighted by Crippen LogP contribution is -2.03. The molecule has 1 aromatic carbocycles. The van der Waals surface area contributed by atoms with Crippen molar-refractivity contribution in [3.63, 3.8) is 0 Å². The van der Waals surface area contributed by atoms with E-state index in [1.165, 1.54) is 31.2 Å². The Labute approximate surface area is 107 Å². The van der Waals surface area contributed by atoms with E-state index < -0.39 is 0 Å². The first kappa shape index (κ1) is 12.6. The number of benzene rings is 1. The summed E-state index contributed by atoms with van der Waals surface area (Å²) in [5, 5.41) is 11.1. The highest BCUT2D eigenvalue weighted by Crippen LogP contribution is 2.23. The molecule has 0 atom stereocenters. The molecule has 2 rings (SSSR count). The molecule has 1 aromatic heterocycles. The van der Waals surface area contributed by atoms with Crippen molar-refractivity contribution in [3.05, 3.63) is 30.2 Å². The first-order valence-corrected chi connectivity index (χ1v) is 6.42. The van der Waals surface area contributed by atoms with Crippen LogP contribution in [0.1, 0.15) is 31.7 Å². The molecule has 0 aliphatic rings. The molecule has 0 saturated carbocycles. The predicted molar refractivity (Wildman–Crippen MR) is 72.5 cm³/mol. The highest BCUT2D eigenvalue weighted by Gasteiger charge is 2.06. The van der Waals surface area contributed by atoms with Gasteiger partial charge in [-0.05, 0) is 31.0 Å². The van der Waals surface area contributed by atoms with Crippen LogP contribution in [-0.2, 0) is 0 Å². The number of nitrogens with one attached hydrogen (secondary N) is 1. The Hall–Kier alpha value is -1.84. The van der Waals surface area contributed by atoms with Gasteiger partial charge in [0.25, 0.3) is 0 Å². The topological polar surface area (TPSA) is 51.0 Å². The monoisotopic (exact) mass is 245 g/mol. The molecule has 18 heavy (non-hydrogen) atoms. The minimum absolute atomic E-state index is 0.562. The van der Waals surface area contributed by atoms with Crippen molar-refractivity contribution in [1.82, 2.24) is 10.2 Å². The van der Waals surface area contributed by atoms with Crippen LogP contribution in [0.2, 0.25) is 0 Å². The van der Waals surface area contributed by atoms with E-state index in [1.807, 2.05) is 6.07 Å². The Balaban J connectivity index is 2.07. The van der Waals surface area contributed by atoms with Gasteiger partial charge in [-0.25, -0.2) is 0 Å². The van der Waals surface area contributed by atoms with E-state index in [9.17, 15) is 0 Å². The summed E-state index contributed by atoms with van der Waals surface area (Å²) in [7, 11) is 0. The van der Waals surface area contributed by atoms with E-state index in [1.54, 1.807) is 0 Å². The number of nitrogens with zero attached hydrogens (tertiary/aromatic N) is 2. The molecule has 0 bridgehead atoms. The third-order valence-electron chi connectivity index (χ3n) is 2.94. The van der Waals surface area contributed by atoms with Gasteiger partial charge in [-0.15, -0.1) is 10.2 Å². The average molecular weight is 245 g/mol. The Bertz CT molecular complexity index is 480. The minimum atomic E-state index is 0.562. The van der Waals surface area contributed by atoms with Crippen LogP contribution in [0.15, 0.2) is 29.0 Å². The average Bonchev–Trinajstić information content (AvgIpc) is 2.90. The largest absolute Gasteiger partial charge is 0.423 e. The molecule has 1 heterocycles. The van der Waals surface area contributed by atoms with Crippen LogP contribution < -0.4 is 5.32 Å². The smallest absolute Gasteiger partial charge is 0.247 e. The van der Waals surface area contributed by atoms with Gasteiger partial charge in [0.2, 0.25) is 12.3 Å². The fraction of sp³-hybridized carbons (Fsp3) is 0.429. The Morgan fingerprint density at radius 1 is 1.28 bits per heavy atom. The number of unbranched alkanes of at least 4 members (excludes halogenated alkanes) is 2. The summed E-state index contributed by atoms with van der Waals surface area (Å²) in [5.74, 6) is 0.562. The van der Waals surface area contributed by atoms with Crippen LogP contribution in [0, 0.1) is 6.92 Å². The number of aromatic nitrogens is 2. The van der Waals surface area contributed by atoms with Crippen molar-refractivity contribution in [1.29, 1.82) is 0 Å². The van der Waals surface area contributed by atoms with Crippen molar-refractivity contribution < 1.29 is 4.42 Å². The fourth-order valence-corrected chi connectivity index (χ4v) is 1.84. The molecular weight excluding hydrogens is 226 g/mol. The summed E-state index contributed by atoms with van der Waals surface area (Å²) in [6.07, 6.45) is 5.04. The van der Waals surface area contributed by atoms with Crippen molar-refractivity contribution in [3.8, 4) is 11.5 Å². The highest BCUT2D eigenvalue weighted by atomic mass is 16.4. The maximum Gasteiger partial charge on any atom is 0.247 e. The van der Waals surface area contributed by atoms with Crippen LogP contribution in [0.4, 0.5) is 5.69 Å². The van der Waals surface area contributed by atoms with Crippen molar-refractivity contribution >= 4 is 5.69 Å². The zero-order chi connectivity index (χ0) is 12.8. The summed E-state index contributed by atoms with van der Waals surface area (Å²) >= 11 is 0. The number of aryl methyl sites for hydroxylation is 1. The molecule has 0 saturated heterocycles.